The summed E-state index contributed by atoms with van der Waals surface area (Å²) in [5.74, 6) is 0.449. The molecule has 0 unspecified atom stereocenters. The van der Waals surface area contributed by atoms with E-state index in [1.54, 1.807) is 11.3 Å². The molecule has 2 aromatic rings. The Hall–Kier alpha value is -1.44. The van der Waals surface area contributed by atoms with Crippen LogP contribution < -0.4 is 5.32 Å². The van der Waals surface area contributed by atoms with Crippen LogP contribution in [0, 0.1) is 0 Å². The second-order valence-corrected chi connectivity index (χ2v) is 9.88. The first-order valence-electron chi connectivity index (χ1n) is 8.35. The van der Waals surface area contributed by atoms with Crippen molar-refractivity contribution >= 4 is 38.5 Å². The maximum atomic E-state index is 11.9. The number of nitrogens with one attached hydrogen (secondary N) is 1. The Kier molecular flexibility index (Phi) is 6.09. The van der Waals surface area contributed by atoms with Gasteiger partial charge in [-0.2, -0.15) is 0 Å². The molecule has 1 aliphatic heterocycles. The van der Waals surface area contributed by atoms with Crippen molar-refractivity contribution in [2.24, 2.45) is 0 Å². The standard InChI is InChI=1S/C18H22N2O2S3/c21-25(22)12-9-16(14-25)20(13-17-7-4-11-24-17)18(23)19-10-8-15-5-2-1-3-6-15/h1-7,11,16H,8-10,12-14H2,(H,19,23)/t16-/m0/s1. The normalized spacial score (nSPS) is 18.8. The van der Waals surface area contributed by atoms with Crippen molar-refractivity contribution in [2.45, 2.75) is 25.4 Å². The number of hydrogen-bond donors (Lipinski definition) is 1. The fourth-order valence-electron chi connectivity index (χ4n) is 3.02. The zero-order valence-corrected chi connectivity index (χ0v) is 16.4. The van der Waals surface area contributed by atoms with E-state index in [1.807, 2.05) is 29.6 Å². The van der Waals surface area contributed by atoms with Crippen LogP contribution in [0.2, 0.25) is 0 Å². The summed E-state index contributed by atoms with van der Waals surface area (Å²) in [6.07, 6.45) is 1.53. The summed E-state index contributed by atoms with van der Waals surface area (Å²) in [6.45, 7) is 1.40. The lowest BCUT2D eigenvalue weighted by Gasteiger charge is -2.30. The van der Waals surface area contributed by atoms with E-state index >= 15 is 0 Å². The lowest BCUT2D eigenvalue weighted by molar-refractivity contribution is 0.325. The minimum Gasteiger partial charge on any atom is -0.362 e. The van der Waals surface area contributed by atoms with E-state index in [1.165, 1.54) is 10.4 Å². The molecule has 1 saturated heterocycles. The van der Waals surface area contributed by atoms with Crippen LogP contribution in [0.4, 0.5) is 0 Å². The van der Waals surface area contributed by atoms with Gasteiger partial charge in [-0.25, -0.2) is 8.42 Å². The molecule has 1 N–H and O–H groups in total. The average Bonchev–Trinajstić information content (AvgIpc) is 3.22. The first-order chi connectivity index (χ1) is 12.0. The van der Waals surface area contributed by atoms with E-state index in [0.29, 0.717) is 18.1 Å². The van der Waals surface area contributed by atoms with Gasteiger partial charge in [0.05, 0.1) is 18.1 Å². The minimum absolute atomic E-state index is 0.0381. The van der Waals surface area contributed by atoms with E-state index in [9.17, 15) is 8.42 Å². The highest BCUT2D eigenvalue weighted by molar-refractivity contribution is 7.91. The summed E-state index contributed by atoms with van der Waals surface area (Å²) in [4.78, 5) is 3.24. The number of sulfone groups is 1. The third-order valence-electron chi connectivity index (χ3n) is 4.35. The molecule has 2 heterocycles. The first kappa shape index (κ1) is 18.4. The van der Waals surface area contributed by atoms with E-state index in [2.05, 4.69) is 28.4 Å². The summed E-state index contributed by atoms with van der Waals surface area (Å²) in [5, 5.41) is 5.99. The lowest BCUT2D eigenvalue weighted by Crippen LogP contribution is -2.46. The summed E-state index contributed by atoms with van der Waals surface area (Å²) < 4.78 is 23.8. The van der Waals surface area contributed by atoms with Crippen molar-refractivity contribution in [1.82, 2.24) is 10.2 Å². The molecule has 0 spiro atoms. The monoisotopic (exact) mass is 394 g/mol. The van der Waals surface area contributed by atoms with Crippen molar-refractivity contribution in [1.29, 1.82) is 0 Å². The number of thiocarbonyl (C=S) groups is 1. The molecule has 0 bridgehead atoms. The number of rotatable bonds is 6. The highest BCUT2D eigenvalue weighted by Crippen LogP contribution is 2.22. The molecular formula is C18H22N2O2S3. The topological polar surface area (TPSA) is 49.4 Å². The average molecular weight is 395 g/mol. The molecule has 0 saturated carbocycles. The van der Waals surface area contributed by atoms with Gasteiger partial charge in [0.25, 0.3) is 0 Å². The van der Waals surface area contributed by atoms with Gasteiger partial charge in [0, 0.05) is 17.5 Å². The molecule has 1 aromatic carbocycles. The lowest BCUT2D eigenvalue weighted by atomic mass is 10.1. The van der Waals surface area contributed by atoms with Gasteiger partial charge in [0.1, 0.15) is 0 Å². The number of hydrogen-bond acceptors (Lipinski definition) is 4. The molecule has 1 atom stereocenters. The molecule has 1 fully saturated rings. The molecule has 134 valence electrons. The number of thiophene rings is 1. The molecule has 7 heteroatoms. The van der Waals surface area contributed by atoms with Crippen LogP contribution in [0.25, 0.3) is 0 Å². The quantitative estimate of drug-likeness (QED) is 0.764. The molecule has 1 aliphatic rings. The predicted molar refractivity (Wildman–Crippen MR) is 108 cm³/mol. The Labute approximate surface area is 158 Å². The molecule has 3 rings (SSSR count). The van der Waals surface area contributed by atoms with Crippen molar-refractivity contribution < 1.29 is 8.42 Å². The molecule has 0 amide bonds. The Morgan fingerprint density at radius 2 is 2.04 bits per heavy atom. The van der Waals surface area contributed by atoms with Crippen LogP contribution in [0.1, 0.15) is 16.9 Å². The van der Waals surface area contributed by atoms with Crippen LogP contribution in [0.3, 0.4) is 0 Å². The van der Waals surface area contributed by atoms with E-state index in [-0.39, 0.29) is 17.5 Å². The van der Waals surface area contributed by atoms with Crippen LogP contribution >= 0.6 is 23.6 Å². The molecule has 0 aliphatic carbocycles. The van der Waals surface area contributed by atoms with Crippen LogP contribution in [0.5, 0.6) is 0 Å². The van der Waals surface area contributed by atoms with Gasteiger partial charge in [-0.1, -0.05) is 36.4 Å². The summed E-state index contributed by atoms with van der Waals surface area (Å²) >= 11 is 7.27. The Morgan fingerprint density at radius 1 is 1.24 bits per heavy atom. The van der Waals surface area contributed by atoms with E-state index < -0.39 is 9.84 Å². The van der Waals surface area contributed by atoms with E-state index in [4.69, 9.17) is 12.2 Å². The molecule has 4 nitrogen and oxygen atoms in total. The molecular weight excluding hydrogens is 372 g/mol. The summed E-state index contributed by atoms with van der Waals surface area (Å²) in [5.41, 5.74) is 1.26. The third-order valence-corrected chi connectivity index (χ3v) is 7.34. The largest absolute Gasteiger partial charge is 0.362 e. The van der Waals surface area contributed by atoms with Crippen LogP contribution in [-0.4, -0.2) is 42.5 Å². The molecule has 1 aromatic heterocycles. The second-order valence-electron chi connectivity index (χ2n) is 6.23. The molecule has 25 heavy (non-hydrogen) atoms. The van der Waals surface area contributed by atoms with Gasteiger partial charge < -0.3 is 10.2 Å². The maximum absolute atomic E-state index is 11.9. The smallest absolute Gasteiger partial charge is 0.169 e. The zero-order valence-electron chi connectivity index (χ0n) is 13.9. The molecule has 0 radical (unpaired) electrons. The predicted octanol–water partition coefficient (Wildman–Crippen LogP) is 2.85. The van der Waals surface area contributed by atoms with Crippen molar-refractivity contribution in [3.63, 3.8) is 0 Å². The van der Waals surface area contributed by atoms with Crippen molar-refractivity contribution in [3.8, 4) is 0 Å². The van der Waals surface area contributed by atoms with Gasteiger partial charge in [-0.15, -0.1) is 11.3 Å². The summed E-state index contributed by atoms with van der Waals surface area (Å²) in [7, 11) is -2.94. The van der Waals surface area contributed by atoms with Crippen LogP contribution in [0.15, 0.2) is 47.8 Å². The highest BCUT2D eigenvalue weighted by atomic mass is 32.2. The Bertz CT molecular complexity index is 789. The van der Waals surface area contributed by atoms with Crippen molar-refractivity contribution in [3.05, 3.63) is 58.3 Å². The fourth-order valence-corrected chi connectivity index (χ4v) is 5.77. The number of benzene rings is 1. The Morgan fingerprint density at radius 3 is 2.68 bits per heavy atom. The maximum Gasteiger partial charge on any atom is 0.169 e. The first-order valence-corrected chi connectivity index (χ1v) is 11.5. The second kappa shape index (κ2) is 8.29. The van der Waals surface area contributed by atoms with Gasteiger partial charge >= 0.3 is 0 Å². The fraction of sp³-hybridized carbons (Fsp3) is 0.389. The number of nitrogens with zero attached hydrogens (tertiary/aromatic N) is 1. The third kappa shape index (κ3) is 5.26. The minimum atomic E-state index is -2.94. The van der Waals surface area contributed by atoms with Crippen molar-refractivity contribution in [2.75, 3.05) is 18.1 Å². The summed E-state index contributed by atoms with van der Waals surface area (Å²) in [6, 6.07) is 14.3. The highest BCUT2D eigenvalue weighted by Gasteiger charge is 2.33. The zero-order chi connectivity index (χ0) is 17.7. The van der Waals surface area contributed by atoms with Gasteiger partial charge in [-0.3, -0.25) is 0 Å². The van der Waals surface area contributed by atoms with Crippen LogP contribution in [-0.2, 0) is 22.8 Å². The van der Waals surface area contributed by atoms with Gasteiger partial charge in [-0.05, 0) is 42.1 Å². The van der Waals surface area contributed by atoms with Gasteiger partial charge in [0.2, 0.25) is 0 Å². The van der Waals surface area contributed by atoms with Gasteiger partial charge in [0.15, 0.2) is 14.9 Å². The SMILES string of the molecule is O=S1(=O)CC[C@H](N(Cc2cccs2)C(=S)NCCc2ccccc2)C1. The Balaban J connectivity index is 1.62. The van der Waals surface area contributed by atoms with E-state index in [0.717, 1.165) is 13.0 Å².